The van der Waals surface area contributed by atoms with Crippen molar-refractivity contribution in [1.82, 2.24) is 0 Å². The van der Waals surface area contributed by atoms with Crippen molar-refractivity contribution >= 4 is 17.2 Å². The van der Waals surface area contributed by atoms with Crippen molar-refractivity contribution in [2.24, 2.45) is 0 Å². The fraction of sp³-hybridized carbons (Fsp3) is 0.529. The van der Waals surface area contributed by atoms with E-state index in [1.165, 1.54) is 37.7 Å². The Morgan fingerprint density at radius 2 is 2.00 bits per heavy atom. The van der Waals surface area contributed by atoms with Gasteiger partial charge in [-0.2, -0.15) is 0 Å². The second kappa shape index (κ2) is 6.58. The summed E-state index contributed by atoms with van der Waals surface area (Å²) in [6.07, 6.45) is 7.97. The summed E-state index contributed by atoms with van der Waals surface area (Å²) in [6.45, 7) is 3.78. The number of hydrogen-bond donors (Lipinski definition) is 1. The summed E-state index contributed by atoms with van der Waals surface area (Å²) in [4.78, 5) is 0. The van der Waals surface area contributed by atoms with Gasteiger partial charge in [0.1, 0.15) is 0 Å². The van der Waals surface area contributed by atoms with Gasteiger partial charge in [-0.3, -0.25) is 0 Å². The van der Waals surface area contributed by atoms with Crippen LogP contribution in [-0.2, 0) is 0 Å². The number of halogens is 1. The van der Waals surface area contributed by atoms with Gasteiger partial charge in [0.2, 0.25) is 0 Å². The highest BCUT2D eigenvalue weighted by Crippen LogP contribution is 2.37. The van der Waals surface area contributed by atoms with Crippen molar-refractivity contribution < 1.29 is 5.11 Å². The van der Waals surface area contributed by atoms with Gasteiger partial charge < -0.3 is 5.11 Å². The lowest BCUT2D eigenvalue weighted by Gasteiger charge is -2.23. The summed E-state index contributed by atoms with van der Waals surface area (Å²) in [7, 11) is 0. The Bertz CT molecular complexity index is 456. The van der Waals surface area contributed by atoms with E-state index in [-0.39, 0.29) is 0 Å². The van der Waals surface area contributed by atoms with E-state index in [0.29, 0.717) is 5.92 Å². The molecule has 1 N–H and O–H groups in total. The number of benzene rings is 1. The van der Waals surface area contributed by atoms with Crippen LogP contribution in [0.2, 0.25) is 5.02 Å². The van der Waals surface area contributed by atoms with Crippen LogP contribution in [0.4, 0.5) is 0 Å². The standard InChI is InChI=1S/C17H23ClO/c1-12(10-13(2)19)15-8-9-16(17(18)11-15)14-6-4-3-5-7-14/h8-11,13-14,19H,3-7H2,1-2H3/b12-10+. The third kappa shape index (κ3) is 3.84. The summed E-state index contributed by atoms with van der Waals surface area (Å²) in [5.41, 5.74) is 3.48. The van der Waals surface area contributed by atoms with E-state index in [9.17, 15) is 5.11 Å². The van der Waals surface area contributed by atoms with Crippen LogP contribution < -0.4 is 0 Å². The molecule has 0 aliphatic heterocycles. The predicted molar refractivity (Wildman–Crippen MR) is 82.6 cm³/mol. The first kappa shape index (κ1) is 14.6. The minimum atomic E-state index is -0.420. The third-order valence-electron chi connectivity index (χ3n) is 3.99. The van der Waals surface area contributed by atoms with Gasteiger partial charge in [-0.25, -0.2) is 0 Å². The second-order valence-corrected chi connectivity index (χ2v) is 6.07. The molecule has 0 heterocycles. The minimum absolute atomic E-state index is 0.420. The molecule has 0 bridgehead atoms. The smallest absolute Gasteiger partial charge is 0.0698 e. The van der Waals surface area contributed by atoms with E-state index >= 15 is 0 Å². The molecule has 1 aliphatic carbocycles. The second-order valence-electron chi connectivity index (χ2n) is 5.66. The molecule has 1 fully saturated rings. The third-order valence-corrected chi connectivity index (χ3v) is 4.32. The van der Waals surface area contributed by atoms with Crippen LogP contribution in [0.15, 0.2) is 24.3 Å². The first-order chi connectivity index (χ1) is 9.08. The molecule has 1 saturated carbocycles. The molecule has 2 heteroatoms. The van der Waals surface area contributed by atoms with E-state index in [1.807, 2.05) is 19.1 Å². The summed E-state index contributed by atoms with van der Waals surface area (Å²) in [5.74, 6) is 0.636. The van der Waals surface area contributed by atoms with Gasteiger partial charge >= 0.3 is 0 Å². The molecule has 1 atom stereocenters. The first-order valence-corrected chi connectivity index (χ1v) is 7.62. The number of allylic oxidation sites excluding steroid dienone is 1. The fourth-order valence-electron chi connectivity index (χ4n) is 2.98. The lowest BCUT2D eigenvalue weighted by Crippen LogP contribution is -2.05. The van der Waals surface area contributed by atoms with Gasteiger partial charge in [0, 0.05) is 5.02 Å². The van der Waals surface area contributed by atoms with E-state index in [1.54, 1.807) is 6.92 Å². The maximum atomic E-state index is 9.40. The van der Waals surface area contributed by atoms with Gasteiger partial charge in [-0.1, -0.05) is 49.1 Å². The zero-order valence-electron chi connectivity index (χ0n) is 11.8. The number of aliphatic hydroxyl groups is 1. The molecule has 1 aromatic carbocycles. The Kier molecular flexibility index (Phi) is 5.06. The Labute approximate surface area is 121 Å². The molecular formula is C17H23ClO. The van der Waals surface area contributed by atoms with E-state index in [4.69, 9.17) is 11.6 Å². The first-order valence-electron chi connectivity index (χ1n) is 7.24. The zero-order chi connectivity index (χ0) is 13.8. The van der Waals surface area contributed by atoms with Crippen LogP contribution in [0.25, 0.3) is 5.57 Å². The monoisotopic (exact) mass is 278 g/mol. The summed E-state index contributed by atoms with van der Waals surface area (Å²) >= 11 is 6.45. The maximum absolute atomic E-state index is 9.40. The van der Waals surface area contributed by atoms with Crippen LogP contribution in [0.3, 0.4) is 0 Å². The van der Waals surface area contributed by atoms with Crippen molar-refractivity contribution in [3.05, 3.63) is 40.4 Å². The molecular weight excluding hydrogens is 256 g/mol. The van der Waals surface area contributed by atoms with Crippen molar-refractivity contribution in [2.45, 2.75) is 58.0 Å². The summed E-state index contributed by atoms with van der Waals surface area (Å²) < 4.78 is 0. The lowest BCUT2D eigenvalue weighted by molar-refractivity contribution is 0.244. The van der Waals surface area contributed by atoms with Crippen LogP contribution in [0.5, 0.6) is 0 Å². The minimum Gasteiger partial charge on any atom is -0.389 e. The molecule has 1 aliphatic rings. The molecule has 0 radical (unpaired) electrons. The van der Waals surface area contributed by atoms with Crippen LogP contribution in [0, 0.1) is 0 Å². The molecule has 104 valence electrons. The van der Waals surface area contributed by atoms with Gasteiger partial charge in [0.05, 0.1) is 6.10 Å². The van der Waals surface area contributed by atoms with Crippen LogP contribution in [-0.4, -0.2) is 11.2 Å². The highest BCUT2D eigenvalue weighted by molar-refractivity contribution is 6.31. The molecule has 0 aromatic heterocycles. The van der Waals surface area contributed by atoms with Gasteiger partial charge in [-0.15, -0.1) is 0 Å². The maximum Gasteiger partial charge on any atom is 0.0698 e. The average Bonchev–Trinajstić information content (AvgIpc) is 2.38. The average molecular weight is 279 g/mol. The van der Waals surface area contributed by atoms with Crippen molar-refractivity contribution in [3.8, 4) is 0 Å². The SMILES string of the molecule is C/C(=C\C(C)O)c1ccc(C2CCCCC2)c(Cl)c1. The highest BCUT2D eigenvalue weighted by atomic mass is 35.5. The number of aliphatic hydroxyl groups excluding tert-OH is 1. The largest absolute Gasteiger partial charge is 0.389 e. The Hall–Kier alpha value is -0.790. The van der Waals surface area contributed by atoms with Gasteiger partial charge in [0.25, 0.3) is 0 Å². The summed E-state index contributed by atoms with van der Waals surface area (Å²) in [5, 5.41) is 10.3. The lowest BCUT2D eigenvalue weighted by atomic mass is 9.83. The molecule has 0 saturated heterocycles. The van der Waals surface area contributed by atoms with Crippen LogP contribution in [0.1, 0.15) is 63.0 Å². The topological polar surface area (TPSA) is 20.2 Å². The normalized spacial score (nSPS) is 19.5. The van der Waals surface area contributed by atoms with Gasteiger partial charge in [0.15, 0.2) is 0 Å². The highest BCUT2D eigenvalue weighted by Gasteiger charge is 2.18. The number of hydrogen-bond acceptors (Lipinski definition) is 1. The molecule has 1 nitrogen and oxygen atoms in total. The predicted octanol–water partition coefficient (Wildman–Crippen LogP) is 5.17. The Morgan fingerprint density at radius 1 is 1.32 bits per heavy atom. The van der Waals surface area contributed by atoms with Crippen molar-refractivity contribution in [1.29, 1.82) is 0 Å². The fourth-order valence-corrected chi connectivity index (χ4v) is 3.31. The molecule has 0 spiro atoms. The van der Waals surface area contributed by atoms with Crippen molar-refractivity contribution in [3.63, 3.8) is 0 Å². The molecule has 19 heavy (non-hydrogen) atoms. The molecule has 1 aromatic rings. The Morgan fingerprint density at radius 3 is 2.58 bits per heavy atom. The zero-order valence-corrected chi connectivity index (χ0v) is 12.6. The quantitative estimate of drug-likeness (QED) is 0.808. The van der Waals surface area contributed by atoms with E-state index < -0.39 is 6.10 Å². The number of rotatable bonds is 3. The van der Waals surface area contributed by atoms with E-state index in [0.717, 1.165) is 16.2 Å². The van der Waals surface area contributed by atoms with Crippen molar-refractivity contribution in [2.75, 3.05) is 0 Å². The molecule has 0 amide bonds. The summed E-state index contributed by atoms with van der Waals surface area (Å²) in [6, 6.07) is 6.34. The van der Waals surface area contributed by atoms with Gasteiger partial charge in [-0.05, 0) is 55.4 Å². The van der Waals surface area contributed by atoms with Crippen LogP contribution >= 0.6 is 11.6 Å². The Balaban J connectivity index is 2.21. The molecule has 1 unspecified atom stereocenters. The van der Waals surface area contributed by atoms with E-state index in [2.05, 4.69) is 12.1 Å². The molecule has 2 rings (SSSR count).